The van der Waals surface area contributed by atoms with Gasteiger partial charge in [0.25, 0.3) is 0 Å². The lowest BCUT2D eigenvalue weighted by Crippen LogP contribution is -2.48. The molecule has 0 saturated heterocycles. The van der Waals surface area contributed by atoms with Gasteiger partial charge in [-0.15, -0.1) is 0 Å². The molecule has 0 aliphatic heterocycles. The summed E-state index contributed by atoms with van der Waals surface area (Å²) in [6, 6.07) is 3.30. The van der Waals surface area contributed by atoms with Crippen molar-refractivity contribution in [3.8, 4) is 5.75 Å². The summed E-state index contributed by atoms with van der Waals surface area (Å²) in [5, 5.41) is 2.80. The lowest BCUT2D eigenvalue weighted by Gasteiger charge is -2.30. The van der Waals surface area contributed by atoms with E-state index in [1.165, 1.54) is 0 Å². The first-order chi connectivity index (χ1) is 9.10. The van der Waals surface area contributed by atoms with Crippen LogP contribution in [0.3, 0.4) is 0 Å². The zero-order valence-electron chi connectivity index (χ0n) is 11.0. The molecule has 19 heavy (non-hydrogen) atoms. The van der Waals surface area contributed by atoms with Gasteiger partial charge in [0.1, 0.15) is 11.6 Å². The number of anilines is 1. The Kier molecular flexibility index (Phi) is 4.34. The second-order valence-electron chi connectivity index (χ2n) is 4.91. The number of hydrogen-bond acceptors (Lipinski definition) is 5. The quantitative estimate of drug-likeness (QED) is 0.737. The second-order valence-corrected chi connectivity index (χ2v) is 4.91. The summed E-state index contributed by atoms with van der Waals surface area (Å²) in [7, 11) is 1.57. The number of rotatable bonds is 3. The molecular weight excluding hydrogens is 244 g/mol. The Balaban J connectivity index is 1.97. The molecule has 1 heterocycles. The molecule has 1 saturated carbocycles. The molecule has 2 rings (SSSR count). The number of pyridine rings is 1. The van der Waals surface area contributed by atoms with Gasteiger partial charge < -0.3 is 21.5 Å². The van der Waals surface area contributed by atoms with Gasteiger partial charge in [-0.3, -0.25) is 4.79 Å². The molecule has 1 aromatic heterocycles. The van der Waals surface area contributed by atoms with Crippen LogP contribution in [0.4, 0.5) is 5.82 Å². The number of ether oxygens (including phenoxy) is 1. The van der Waals surface area contributed by atoms with Crippen molar-refractivity contribution in [2.75, 3.05) is 12.4 Å². The molecule has 5 N–H and O–H groups in total. The Hall–Kier alpha value is -1.66. The van der Waals surface area contributed by atoms with Crippen LogP contribution in [0, 0.1) is 5.92 Å². The fraction of sp³-hybridized carbons (Fsp3) is 0.538. The van der Waals surface area contributed by atoms with E-state index in [0.717, 1.165) is 12.8 Å². The Bertz CT molecular complexity index is 452. The first kappa shape index (κ1) is 13.8. The van der Waals surface area contributed by atoms with Crippen molar-refractivity contribution in [2.45, 2.75) is 31.3 Å². The number of nitrogens with one attached hydrogen (secondary N) is 1. The summed E-state index contributed by atoms with van der Waals surface area (Å²) >= 11 is 0. The van der Waals surface area contributed by atoms with Crippen molar-refractivity contribution in [1.82, 2.24) is 4.98 Å². The third-order valence-electron chi connectivity index (χ3n) is 3.54. The standard InChI is InChI=1S/C13H20N4O2/c1-19-9-4-5-16-12(7-9)17-13(18)8-2-3-10(14)11(15)6-8/h4-5,7-8,10-11H,2-3,6,14-15H2,1H3,(H,16,17,18). The molecule has 1 fully saturated rings. The number of nitrogens with zero attached hydrogens (tertiary/aromatic N) is 1. The second kappa shape index (κ2) is 5.99. The van der Waals surface area contributed by atoms with Gasteiger partial charge in [0.15, 0.2) is 0 Å². The molecule has 1 aromatic rings. The number of carbonyl (C=O) groups excluding carboxylic acids is 1. The molecule has 104 valence electrons. The molecule has 0 spiro atoms. The van der Waals surface area contributed by atoms with Crippen LogP contribution in [0.15, 0.2) is 18.3 Å². The maximum Gasteiger partial charge on any atom is 0.228 e. The Labute approximate surface area is 112 Å². The van der Waals surface area contributed by atoms with Crippen molar-refractivity contribution >= 4 is 11.7 Å². The van der Waals surface area contributed by atoms with Crippen LogP contribution >= 0.6 is 0 Å². The smallest absolute Gasteiger partial charge is 0.228 e. The van der Waals surface area contributed by atoms with Crippen molar-refractivity contribution in [3.63, 3.8) is 0 Å². The summed E-state index contributed by atoms with van der Waals surface area (Å²) in [5.74, 6) is 1.01. The Morgan fingerprint density at radius 1 is 1.42 bits per heavy atom. The average molecular weight is 264 g/mol. The van der Waals surface area contributed by atoms with E-state index in [1.54, 1.807) is 25.4 Å². The van der Waals surface area contributed by atoms with Crippen molar-refractivity contribution in [2.24, 2.45) is 17.4 Å². The molecule has 6 nitrogen and oxygen atoms in total. The highest BCUT2D eigenvalue weighted by Gasteiger charge is 2.30. The van der Waals surface area contributed by atoms with E-state index in [1.807, 2.05) is 0 Å². The molecule has 6 heteroatoms. The van der Waals surface area contributed by atoms with Crippen LogP contribution in [-0.2, 0) is 4.79 Å². The molecule has 3 atom stereocenters. The maximum absolute atomic E-state index is 12.1. The van der Waals surface area contributed by atoms with Crippen molar-refractivity contribution in [1.29, 1.82) is 0 Å². The lowest BCUT2D eigenvalue weighted by molar-refractivity contribution is -0.121. The molecule has 0 radical (unpaired) electrons. The van der Waals surface area contributed by atoms with E-state index in [-0.39, 0.29) is 23.9 Å². The Morgan fingerprint density at radius 3 is 2.89 bits per heavy atom. The summed E-state index contributed by atoms with van der Waals surface area (Å²) in [5.41, 5.74) is 11.8. The average Bonchev–Trinajstić information content (AvgIpc) is 2.42. The van der Waals surface area contributed by atoms with Crippen LogP contribution in [0.1, 0.15) is 19.3 Å². The van der Waals surface area contributed by atoms with Crippen LogP contribution < -0.4 is 21.5 Å². The maximum atomic E-state index is 12.1. The van der Waals surface area contributed by atoms with Gasteiger partial charge >= 0.3 is 0 Å². The topological polar surface area (TPSA) is 103 Å². The molecule has 0 bridgehead atoms. The van der Waals surface area contributed by atoms with E-state index < -0.39 is 0 Å². The molecule has 0 aromatic carbocycles. The number of amides is 1. The number of nitrogens with two attached hydrogens (primary N) is 2. The molecule has 1 aliphatic rings. The third kappa shape index (κ3) is 3.42. The zero-order chi connectivity index (χ0) is 13.8. The summed E-state index contributed by atoms with van der Waals surface area (Å²) in [4.78, 5) is 16.2. The van der Waals surface area contributed by atoms with Gasteiger partial charge in [-0.2, -0.15) is 0 Å². The predicted octanol–water partition coefficient (Wildman–Crippen LogP) is 0.483. The molecular formula is C13H20N4O2. The SMILES string of the molecule is COc1ccnc(NC(=O)C2CCC(N)C(N)C2)c1. The molecule has 3 unspecified atom stereocenters. The lowest BCUT2D eigenvalue weighted by atomic mass is 9.82. The van der Waals surface area contributed by atoms with Crippen LogP contribution in [-0.4, -0.2) is 30.1 Å². The van der Waals surface area contributed by atoms with Gasteiger partial charge in [0.05, 0.1) is 7.11 Å². The fourth-order valence-corrected chi connectivity index (χ4v) is 2.30. The minimum Gasteiger partial charge on any atom is -0.497 e. The van der Waals surface area contributed by atoms with Gasteiger partial charge in [-0.05, 0) is 25.3 Å². The van der Waals surface area contributed by atoms with Crippen LogP contribution in [0.2, 0.25) is 0 Å². The van der Waals surface area contributed by atoms with Gasteiger partial charge in [0, 0.05) is 30.3 Å². The fourth-order valence-electron chi connectivity index (χ4n) is 2.30. The van der Waals surface area contributed by atoms with E-state index in [2.05, 4.69) is 10.3 Å². The van der Waals surface area contributed by atoms with Crippen molar-refractivity contribution < 1.29 is 9.53 Å². The first-order valence-corrected chi connectivity index (χ1v) is 6.42. The molecule has 1 aliphatic carbocycles. The summed E-state index contributed by atoms with van der Waals surface area (Å²) < 4.78 is 5.09. The normalized spacial score (nSPS) is 26.8. The van der Waals surface area contributed by atoms with Crippen LogP contribution in [0.5, 0.6) is 5.75 Å². The number of methoxy groups -OCH3 is 1. The minimum atomic E-state index is -0.109. The molecule has 1 amide bonds. The van der Waals surface area contributed by atoms with E-state index >= 15 is 0 Å². The predicted molar refractivity (Wildman–Crippen MR) is 72.7 cm³/mol. The van der Waals surface area contributed by atoms with Crippen molar-refractivity contribution in [3.05, 3.63) is 18.3 Å². The van der Waals surface area contributed by atoms with Gasteiger partial charge in [0.2, 0.25) is 5.91 Å². The number of hydrogen-bond donors (Lipinski definition) is 3. The minimum absolute atomic E-state index is 0.000931. The van der Waals surface area contributed by atoms with E-state index in [4.69, 9.17) is 16.2 Å². The first-order valence-electron chi connectivity index (χ1n) is 6.42. The third-order valence-corrected chi connectivity index (χ3v) is 3.54. The zero-order valence-corrected chi connectivity index (χ0v) is 11.0. The number of carbonyl (C=O) groups is 1. The number of aromatic nitrogens is 1. The summed E-state index contributed by atoms with van der Waals surface area (Å²) in [6.45, 7) is 0. The van der Waals surface area contributed by atoms with E-state index in [9.17, 15) is 4.79 Å². The highest BCUT2D eigenvalue weighted by molar-refractivity contribution is 5.91. The highest BCUT2D eigenvalue weighted by Crippen LogP contribution is 2.24. The van der Waals surface area contributed by atoms with Crippen LogP contribution in [0.25, 0.3) is 0 Å². The highest BCUT2D eigenvalue weighted by atomic mass is 16.5. The van der Waals surface area contributed by atoms with Gasteiger partial charge in [-0.1, -0.05) is 0 Å². The summed E-state index contributed by atoms with van der Waals surface area (Å²) in [6.07, 6.45) is 3.77. The largest absolute Gasteiger partial charge is 0.497 e. The monoisotopic (exact) mass is 264 g/mol. The van der Waals surface area contributed by atoms with Gasteiger partial charge in [-0.25, -0.2) is 4.98 Å². The Morgan fingerprint density at radius 2 is 2.21 bits per heavy atom. The van der Waals surface area contributed by atoms with E-state index in [0.29, 0.717) is 18.0 Å².